The van der Waals surface area contributed by atoms with Crippen LogP contribution in [-0.2, 0) is 5.41 Å². The van der Waals surface area contributed by atoms with Gasteiger partial charge in [0.1, 0.15) is 18.9 Å². The van der Waals surface area contributed by atoms with Gasteiger partial charge in [0.05, 0.1) is 17.7 Å². The van der Waals surface area contributed by atoms with Crippen LogP contribution >= 0.6 is 0 Å². The van der Waals surface area contributed by atoms with E-state index in [9.17, 15) is 4.79 Å². The summed E-state index contributed by atoms with van der Waals surface area (Å²) in [6, 6.07) is 6.79. The molecule has 0 radical (unpaired) electrons. The second kappa shape index (κ2) is 6.03. The van der Waals surface area contributed by atoms with Crippen molar-refractivity contribution in [2.75, 3.05) is 18.0 Å². The second-order valence-electron chi connectivity index (χ2n) is 5.33. The van der Waals surface area contributed by atoms with E-state index < -0.39 is 5.97 Å². The molecule has 1 aromatic rings. The molecule has 1 rings (SSSR count). The molecule has 6 nitrogen and oxygen atoms in total. The van der Waals surface area contributed by atoms with E-state index in [4.69, 9.17) is 15.6 Å². The Morgan fingerprint density at radius 1 is 1.30 bits per heavy atom. The van der Waals surface area contributed by atoms with Crippen molar-refractivity contribution in [3.05, 3.63) is 23.4 Å². The largest absolute Gasteiger partial charge is 0.478 e. The number of aromatic carboxylic acids is 1. The average molecular weight is 272 g/mol. The summed E-state index contributed by atoms with van der Waals surface area (Å²) < 4.78 is 0. The Hall–Kier alpha value is -2.60. The molecule has 6 heteroatoms. The Labute approximate surface area is 117 Å². The number of carboxylic acids is 1. The summed E-state index contributed by atoms with van der Waals surface area (Å²) in [5, 5.41) is 26.7. The van der Waals surface area contributed by atoms with Crippen molar-refractivity contribution in [3.63, 3.8) is 0 Å². The van der Waals surface area contributed by atoms with Gasteiger partial charge in [-0.15, -0.1) is 0 Å². The van der Waals surface area contributed by atoms with Gasteiger partial charge in [0.15, 0.2) is 0 Å². The van der Waals surface area contributed by atoms with Crippen molar-refractivity contribution in [2.24, 2.45) is 0 Å². The maximum absolute atomic E-state index is 11.2. The number of pyridine rings is 1. The van der Waals surface area contributed by atoms with Crippen molar-refractivity contribution in [3.8, 4) is 12.1 Å². The first-order chi connectivity index (χ1) is 9.29. The molecule has 1 heterocycles. The number of anilines is 1. The first kappa shape index (κ1) is 15.5. The molecular formula is C14H16N4O2. The van der Waals surface area contributed by atoms with E-state index in [0.29, 0.717) is 11.5 Å². The molecule has 0 amide bonds. The van der Waals surface area contributed by atoms with Gasteiger partial charge in [-0.25, -0.2) is 9.78 Å². The van der Waals surface area contributed by atoms with Crippen LogP contribution in [0.1, 0.15) is 36.8 Å². The zero-order valence-corrected chi connectivity index (χ0v) is 11.7. The predicted octanol–water partition coefficient (Wildman–Crippen LogP) is 1.93. The maximum atomic E-state index is 11.2. The van der Waals surface area contributed by atoms with Crippen LogP contribution in [0.2, 0.25) is 0 Å². The molecule has 0 saturated heterocycles. The predicted molar refractivity (Wildman–Crippen MR) is 73.3 cm³/mol. The lowest BCUT2D eigenvalue weighted by atomic mass is 9.90. The zero-order valence-electron chi connectivity index (χ0n) is 11.7. The number of nitriles is 2. The first-order valence-electron chi connectivity index (χ1n) is 6.04. The molecule has 1 N–H and O–H groups in total. The monoisotopic (exact) mass is 272 g/mol. The summed E-state index contributed by atoms with van der Waals surface area (Å²) in [7, 11) is 0. The van der Waals surface area contributed by atoms with Gasteiger partial charge in [0, 0.05) is 11.1 Å². The molecule has 0 bridgehead atoms. The van der Waals surface area contributed by atoms with Gasteiger partial charge in [0.25, 0.3) is 0 Å². The van der Waals surface area contributed by atoms with Gasteiger partial charge >= 0.3 is 5.97 Å². The van der Waals surface area contributed by atoms with E-state index in [-0.39, 0.29) is 24.1 Å². The summed E-state index contributed by atoms with van der Waals surface area (Å²) in [5.74, 6) is -0.731. The normalized spacial score (nSPS) is 10.4. The Bertz CT molecular complexity index is 575. The number of hydrogen-bond donors (Lipinski definition) is 1. The third kappa shape index (κ3) is 3.69. The fraction of sp³-hybridized carbons (Fsp3) is 0.429. The van der Waals surface area contributed by atoms with Crippen molar-refractivity contribution in [2.45, 2.75) is 26.2 Å². The summed E-state index contributed by atoms with van der Waals surface area (Å²) >= 11 is 0. The highest BCUT2D eigenvalue weighted by Crippen LogP contribution is 2.24. The molecule has 0 unspecified atom stereocenters. The Kier molecular flexibility index (Phi) is 4.66. The first-order valence-corrected chi connectivity index (χ1v) is 6.04. The lowest BCUT2D eigenvalue weighted by Crippen LogP contribution is -2.27. The smallest absolute Gasteiger partial charge is 0.335 e. The van der Waals surface area contributed by atoms with Gasteiger partial charge in [-0.1, -0.05) is 20.8 Å². The van der Waals surface area contributed by atoms with Crippen molar-refractivity contribution in [1.82, 2.24) is 4.98 Å². The molecule has 0 aliphatic heterocycles. The molecule has 0 atom stereocenters. The molecule has 0 aliphatic carbocycles. The lowest BCUT2D eigenvalue weighted by molar-refractivity contribution is 0.0696. The van der Waals surface area contributed by atoms with Crippen LogP contribution in [0.25, 0.3) is 0 Å². The summed E-state index contributed by atoms with van der Waals surface area (Å²) in [4.78, 5) is 17.0. The standard InChI is InChI=1S/C14H16N4O2/c1-14(2,3)11-8-10(13(19)20)9-12(17-11)18(6-4-15)7-5-16/h8-9H,6-7H2,1-3H3,(H,19,20). The van der Waals surface area contributed by atoms with Crippen LogP contribution in [0, 0.1) is 22.7 Å². The third-order valence-electron chi connectivity index (χ3n) is 2.67. The number of carboxylic acid groups (broad SMARTS) is 1. The molecule has 0 aliphatic rings. The third-order valence-corrected chi connectivity index (χ3v) is 2.67. The highest BCUT2D eigenvalue weighted by atomic mass is 16.4. The number of aromatic nitrogens is 1. The Balaban J connectivity index is 3.38. The molecule has 104 valence electrons. The summed E-state index contributed by atoms with van der Waals surface area (Å²) in [6.07, 6.45) is 0. The van der Waals surface area contributed by atoms with Crippen molar-refractivity contribution < 1.29 is 9.90 Å². The second-order valence-corrected chi connectivity index (χ2v) is 5.33. The Morgan fingerprint density at radius 2 is 1.85 bits per heavy atom. The minimum Gasteiger partial charge on any atom is -0.478 e. The molecule has 1 aromatic heterocycles. The molecule has 0 saturated carbocycles. The van der Waals surface area contributed by atoms with Crippen LogP contribution in [-0.4, -0.2) is 29.1 Å². The number of hydrogen-bond acceptors (Lipinski definition) is 5. The van der Waals surface area contributed by atoms with E-state index in [1.165, 1.54) is 17.0 Å². The minimum atomic E-state index is -1.06. The van der Waals surface area contributed by atoms with Gasteiger partial charge in [0.2, 0.25) is 0 Å². The fourth-order valence-corrected chi connectivity index (χ4v) is 1.57. The van der Waals surface area contributed by atoms with Gasteiger partial charge in [-0.2, -0.15) is 10.5 Å². The van der Waals surface area contributed by atoms with E-state index >= 15 is 0 Å². The SMILES string of the molecule is CC(C)(C)c1cc(C(=O)O)cc(N(CC#N)CC#N)n1. The average Bonchev–Trinajstić information content (AvgIpc) is 2.37. The maximum Gasteiger partial charge on any atom is 0.335 e. The number of nitrogens with zero attached hydrogens (tertiary/aromatic N) is 4. The van der Waals surface area contributed by atoms with Gasteiger partial charge < -0.3 is 10.0 Å². The van der Waals surface area contributed by atoms with Crippen LogP contribution in [0.4, 0.5) is 5.82 Å². The summed E-state index contributed by atoms with van der Waals surface area (Å²) in [5.41, 5.74) is 0.375. The number of rotatable bonds is 4. The van der Waals surface area contributed by atoms with Crippen molar-refractivity contribution in [1.29, 1.82) is 10.5 Å². The van der Waals surface area contributed by atoms with E-state index in [1.807, 2.05) is 32.9 Å². The van der Waals surface area contributed by atoms with E-state index in [0.717, 1.165) is 0 Å². The fourth-order valence-electron chi connectivity index (χ4n) is 1.57. The number of carbonyl (C=O) groups is 1. The Morgan fingerprint density at radius 3 is 2.25 bits per heavy atom. The molecular weight excluding hydrogens is 256 g/mol. The van der Waals surface area contributed by atoms with Crippen LogP contribution in [0.5, 0.6) is 0 Å². The summed E-state index contributed by atoms with van der Waals surface area (Å²) in [6.45, 7) is 5.72. The quantitative estimate of drug-likeness (QED) is 0.840. The highest BCUT2D eigenvalue weighted by molar-refractivity contribution is 5.88. The molecule has 0 spiro atoms. The topological polar surface area (TPSA) is 101 Å². The van der Waals surface area contributed by atoms with Crippen molar-refractivity contribution >= 4 is 11.8 Å². The minimum absolute atomic E-state index is 0.0206. The van der Waals surface area contributed by atoms with E-state index in [1.54, 1.807) is 0 Å². The molecule has 0 aromatic carbocycles. The lowest BCUT2D eigenvalue weighted by Gasteiger charge is -2.23. The molecule has 0 fully saturated rings. The van der Waals surface area contributed by atoms with Gasteiger partial charge in [-0.3, -0.25) is 0 Å². The van der Waals surface area contributed by atoms with Crippen LogP contribution in [0.3, 0.4) is 0 Å². The molecule has 20 heavy (non-hydrogen) atoms. The van der Waals surface area contributed by atoms with Gasteiger partial charge in [-0.05, 0) is 12.1 Å². The van der Waals surface area contributed by atoms with Crippen LogP contribution < -0.4 is 4.90 Å². The van der Waals surface area contributed by atoms with Crippen LogP contribution in [0.15, 0.2) is 12.1 Å². The highest BCUT2D eigenvalue weighted by Gasteiger charge is 2.21. The van der Waals surface area contributed by atoms with E-state index in [2.05, 4.69) is 4.98 Å². The zero-order chi connectivity index (χ0) is 15.3.